The predicted octanol–water partition coefficient (Wildman–Crippen LogP) is 9.70. The Morgan fingerprint density at radius 3 is 2.00 bits per heavy atom. The second-order valence-corrected chi connectivity index (χ2v) is 17.3. The van der Waals surface area contributed by atoms with Crippen LogP contribution in [0.3, 0.4) is 0 Å². The van der Waals surface area contributed by atoms with Gasteiger partial charge in [-0.2, -0.15) is 0 Å². The van der Waals surface area contributed by atoms with Crippen LogP contribution in [-0.4, -0.2) is 42.0 Å². The van der Waals surface area contributed by atoms with Crippen LogP contribution in [-0.2, 0) is 0 Å². The number of rotatable bonds is 11. The minimum Gasteiger partial charge on any atom is -0.497 e. The van der Waals surface area contributed by atoms with Crippen LogP contribution >= 0.6 is 7.92 Å². The summed E-state index contributed by atoms with van der Waals surface area (Å²) in [5.74, 6) is 1.70. The molecule has 0 aliphatic carbocycles. The van der Waals surface area contributed by atoms with E-state index in [1.807, 2.05) is 42.6 Å². The van der Waals surface area contributed by atoms with Crippen molar-refractivity contribution in [1.82, 2.24) is 15.2 Å². The molecule has 5 nitrogen and oxygen atoms in total. The van der Waals surface area contributed by atoms with Gasteiger partial charge in [0.2, 0.25) is 0 Å². The number of hydrogen-bond donors (Lipinski definition) is 1. The summed E-state index contributed by atoms with van der Waals surface area (Å²) >= 11 is 0. The van der Waals surface area contributed by atoms with Crippen LogP contribution in [0.15, 0.2) is 177 Å². The average Bonchev–Trinajstić information content (AvgIpc) is 3.29. The van der Waals surface area contributed by atoms with Crippen molar-refractivity contribution < 1.29 is 9.53 Å². The van der Waals surface area contributed by atoms with Crippen LogP contribution in [0.25, 0.3) is 33.2 Å². The van der Waals surface area contributed by atoms with E-state index in [1.165, 1.54) is 32.9 Å². The lowest BCUT2D eigenvalue weighted by Crippen LogP contribution is -2.57. The van der Waals surface area contributed by atoms with Crippen LogP contribution in [0.1, 0.15) is 34.8 Å². The molecule has 0 saturated carbocycles. The summed E-state index contributed by atoms with van der Waals surface area (Å²) in [7, 11) is 0.579. The van der Waals surface area contributed by atoms with Crippen molar-refractivity contribution in [2.24, 2.45) is 11.8 Å². The number of hydrogen-bond acceptors (Lipinski definition) is 4. The first kappa shape index (κ1) is 36.7. The Labute approximate surface area is 336 Å². The molecule has 3 saturated heterocycles. The van der Waals surface area contributed by atoms with Gasteiger partial charge in [0.1, 0.15) is 5.75 Å². The molecule has 1 N–H and O–H groups in total. The van der Waals surface area contributed by atoms with Crippen molar-refractivity contribution in [1.29, 1.82) is 0 Å². The molecule has 10 rings (SSSR count). The number of nitrogens with one attached hydrogen (secondary N) is 1. The smallest absolute Gasteiger partial charge is 0.252 e. The maximum Gasteiger partial charge on any atom is 0.252 e. The van der Waals surface area contributed by atoms with E-state index in [-0.39, 0.29) is 18.0 Å². The zero-order chi connectivity index (χ0) is 38.7. The first-order valence-electron chi connectivity index (χ1n) is 19.9. The van der Waals surface area contributed by atoms with Gasteiger partial charge in [-0.05, 0) is 113 Å². The zero-order valence-corrected chi connectivity index (χ0v) is 33.1. The van der Waals surface area contributed by atoms with E-state index in [9.17, 15) is 0 Å². The molecule has 3 fully saturated rings. The van der Waals surface area contributed by atoms with E-state index >= 15 is 4.79 Å². The number of pyridine rings is 1. The normalized spacial score (nSPS) is 19.3. The average molecular weight is 764 g/mol. The molecule has 0 spiro atoms. The summed E-state index contributed by atoms with van der Waals surface area (Å²) in [6.45, 7) is 6.15. The largest absolute Gasteiger partial charge is 0.497 e. The third-order valence-electron chi connectivity index (χ3n) is 12.0. The second-order valence-electron chi connectivity index (χ2n) is 15.2. The molecule has 3 aliphatic rings. The molecule has 3 unspecified atom stereocenters. The molecule has 282 valence electrons. The monoisotopic (exact) mass is 763 g/mol. The van der Waals surface area contributed by atoms with Crippen molar-refractivity contribution >= 4 is 40.6 Å². The summed E-state index contributed by atoms with van der Waals surface area (Å²) in [6, 6.07) is 55.0. The molecule has 7 aromatic rings. The number of methoxy groups -OCH3 is 1. The van der Waals surface area contributed by atoms with Gasteiger partial charge in [-0.25, -0.2) is 0 Å². The molecular formula is C51H46N3O2P. The fraction of sp³-hybridized carbons (Fsp3) is 0.176. The third kappa shape index (κ3) is 7.42. The lowest BCUT2D eigenvalue weighted by atomic mass is 9.73. The van der Waals surface area contributed by atoms with Crippen molar-refractivity contribution in [3.63, 3.8) is 0 Å². The Morgan fingerprint density at radius 2 is 1.40 bits per heavy atom. The number of aromatic nitrogens is 1. The highest BCUT2D eigenvalue weighted by molar-refractivity contribution is 7.80. The van der Waals surface area contributed by atoms with Crippen LogP contribution < -0.4 is 26.0 Å². The zero-order valence-electron chi connectivity index (χ0n) is 32.2. The Balaban J connectivity index is 1.13. The molecule has 0 radical (unpaired) electrons. The van der Waals surface area contributed by atoms with Gasteiger partial charge in [-0.1, -0.05) is 133 Å². The van der Waals surface area contributed by atoms with E-state index in [1.54, 1.807) is 7.11 Å². The molecule has 6 aromatic carbocycles. The number of ether oxygens (including phenoxy) is 1. The van der Waals surface area contributed by atoms with E-state index in [2.05, 4.69) is 144 Å². The quantitative estimate of drug-likeness (QED) is 0.105. The summed E-state index contributed by atoms with van der Waals surface area (Å²) in [4.78, 5) is 22.4. The fourth-order valence-corrected chi connectivity index (χ4v) is 11.4. The van der Waals surface area contributed by atoms with Gasteiger partial charge < -0.3 is 10.1 Å². The molecule has 4 heterocycles. The number of benzene rings is 6. The predicted molar refractivity (Wildman–Crippen MR) is 236 cm³/mol. The van der Waals surface area contributed by atoms with Crippen molar-refractivity contribution in [3.05, 3.63) is 188 Å². The number of nitrogens with zero attached hydrogens (tertiary/aromatic N) is 2. The van der Waals surface area contributed by atoms with Crippen molar-refractivity contribution in [3.8, 4) is 28.0 Å². The summed E-state index contributed by atoms with van der Waals surface area (Å²) in [5, 5.41) is 8.06. The van der Waals surface area contributed by atoms with Gasteiger partial charge >= 0.3 is 0 Å². The number of fused-ring (bicyclic) bond motifs is 4. The van der Waals surface area contributed by atoms with Crippen molar-refractivity contribution in [2.75, 3.05) is 20.2 Å². The Hall–Kier alpha value is -5.87. The highest BCUT2D eigenvalue weighted by atomic mass is 31.1. The van der Waals surface area contributed by atoms with E-state index < -0.39 is 7.92 Å². The molecule has 3 aliphatic heterocycles. The van der Waals surface area contributed by atoms with Crippen LogP contribution in [0.2, 0.25) is 0 Å². The second kappa shape index (κ2) is 16.3. The SMILES string of the molecule is C=CC1CN2CCC1C[C@H]2[C@@H](NC(=O)c1ccccc1P(c1ccc(-c2ccccc2)cc1)c1ccc(-c2ccccc2)cc1)c1ccnc2ccc(OC)cc12. The van der Waals surface area contributed by atoms with E-state index in [0.29, 0.717) is 17.4 Å². The number of amides is 1. The molecule has 1 amide bonds. The van der Waals surface area contributed by atoms with Gasteiger partial charge in [0, 0.05) is 29.7 Å². The Morgan fingerprint density at radius 1 is 0.789 bits per heavy atom. The van der Waals surface area contributed by atoms with Crippen LogP contribution in [0.4, 0.5) is 0 Å². The minimum atomic E-state index is -1.11. The van der Waals surface area contributed by atoms with Gasteiger partial charge in [0.15, 0.2) is 0 Å². The summed E-state index contributed by atoms with van der Waals surface area (Å²) in [6.07, 6.45) is 6.14. The van der Waals surface area contributed by atoms with Gasteiger partial charge in [0.25, 0.3) is 5.91 Å². The van der Waals surface area contributed by atoms with Crippen molar-refractivity contribution in [2.45, 2.75) is 24.9 Å². The van der Waals surface area contributed by atoms with E-state index in [4.69, 9.17) is 9.72 Å². The molecule has 57 heavy (non-hydrogen) atoms. The van der Waals surface area contributed by atoms with Crippen LogP contribution in [0, 0.1) is 11.8 Å². The fourth-order valence-electron chi connectivity index (χ4n) is 9.02. The first-order chi connectivity index (χ1) is 28.1. The number of piperidine rings is 3. The van der Waals surface area contributed by atoms with Gasteiger partial charge in [-0.3, -0.25) is 14.7 Å². The van der Waals surface area contributed by atoms with E-state index in [0.717, 1.165) is 53.5 Å². The topological polar surface area (TPSA) is 54.5 Å². The third-order valence-corrected chi connectivity index (χ3v) is 14.5. The standard InChI is InChI=1S/C51H46N3O2P/c1-3-35-34-54-31-29-40(35)32-48(54)50(44-28-30-52-47-27-22-41(56-2)33-46(44)47)53-51(55)45-16-10-11-17-49(45)57(42-23-18-38(19-24-42)36-12-6-4-7-13-36)43-25-20-39(21-26-43)37-14-8-5-9-15-37/h3-28,30,33,35,40,48,50H,1,29,31-32,34H2,2H3,(H,53,55)/t35?,40?,48-,50-/m0/s1. The van der Waals surface area contributed by atoms with Gasteiger partial charge in [-0.15, -0.1) is 6.58 Å². The molecular weight excluding hydrogens is 718 g/mol. The van der Waals surface area contributed by atoms with Gasteiger partial charge in [0.05, 0.1) is 18.7 Å². The molecule has 2 bridgehead atoms. The lowest BCUT2D eigenvalue weighted by molar-refractivity contribution is 0.00171. The lowest BCUT2D eigenvalue weighted by Gasteiger charge is -2.51. The highest BCUT2D eigenvalue weighted by Gasteiger charge is 2.43. The first-order valence-corrected chi connectivity index (χ1v) is 21.2. The Kier molecular flexibility index (Phi) is 10.5. The molecule has 5 atom stereocenters. The maximum atomic E-state index is 15.1. The number of carbonyl (C=O) groups is 1. The molecule has 6 heteroatoms. The Bertz CT molecular complexity index is 2420. The van der Waals surface area contributed by atoms with Crippen LogP contribution in [0.5, 0.6) is 5.75 Å². The molecule has 1 aromatic heterocycles. The number of carbonyl (C=O) groups excluding carboxylic acids is 1. The maximum absolute atomic E-state index is 15.1. The minimum absolute atomic E-state index is 0.0688. The summed E-state index contributed by atoms with van der Waals surface area (Å²) < 4.78 is 5.69. The summed E-state index contributed by atoms with van der Waals surface area (Å²) in [5.41, 5.74) is 7.34. The highest BCUT2D eigenvalue weighted by Crippen LogP contribution is 2.43.